The van der Waals surface area contributed by atoms with E-state index in [1.165, 1.54) is 0 Å². The molecule has 1 aromatic carbocycles. The van der Waals surface area contributed by atoms with Gasteiger partial charge >= 0.3 is 0 Å². The monoisotopic (exact) mass is 224 g/mol. The van der Waals surface area contributed by atoms with E-state index in [0.29, 0.717) is 0 Å². The van der Waals surface area contributed by atoms with Crippen LogP contribution in [0.4, 0.5) is 0 Å². The molecule has 0 spiro atoms. The topological polar surface area (TPSA) is 48.9 Å². The van der Waals surface area contributed by atoms with Crippen LogP contribution in [-0.2, 0) is 6.61 Å². The fourth-order valence-corrected chi connectivity index (χ4v) is 1.90. The normalized spacial score (nSPS) is 10.9. The number of nitrogens with zero attached hydrogens (tertiary/aromatic N) is 1. The van der Waals surface area contributed by atoms with Gasteiger partial charge in [0.25, 0.3) is 0 Å². The summed E-state index contributed by atoms with van der Waals surface area (Å²) in [6.07, 6.45) is 1.78. The summed E-state index contributed by atoms with van der Waals surface area (Å²) < 4.78 is 0. The van der Waals surface area contributed by atoms with Crippen molar-refractivity contribution in [2.24, 2.45) is 0 Å². The van der Waals surface area contributed by atoms with Crippen molar-refractivity contribution in [3.8, 4) is 11.3 Å². The van der Waals surface area contributed by atoms with Gasteiger partial charge in [0.05, 0.1) is 6.61 Å². The van der Waals surface area contributed by atoms with E-state index in [9.17, 15) is 0 Å². The Morgan fingerprint density at radius 1 is 1.12 bits per heavy atom. The third-order valence-corrected chi connectivity index (χ3v) is 2.84. The predicted molar refractivity (Wildman–Crippen MR) is 67.5 cm³/mol. The third-order valence-electron chi connectivity index (χ3n) is 2.84. The molecule has 0 saturated carbocycles. The molecule has 0 amide bonds. The molecule has 0 fully saturated rings. The van der Waals surface area contributed by atoms with Gasteiger partial charge in [0.2, 0.25) is 0 Å². The highest BCUT2D eigenvalue weighted by Gasteiger charge is 2.03. The standard InChI is InChI=1S/C14H12N2O/c17-9-10-3-5-11(6-4-10)13-8-12-2-1-7-15-14(12)16-13/h1-8,17H,9H2,(H,15,16). The zero-order chi connectivity index (χ0) is 11.7. The zero-order valence-electron chi connectivity index (χ0n) is 9.22. The summed E-state index contributed by atoms with van der Waals surface area (Å²) in [5.74, 6) is 0. The van der Waals surface area contributed by atoms with Crippen LogP contribution in [0.2, 0.25) is 0 Å². The van der Waals surface area contributed by atoms with E-state index in [4.69, 9.17) is 5.11 Å². The number of fused-ring (bicyclic) bond motifs is 1. The summed E-state index contributed by atoms with van der Waals surface area (Å²) in [7, 11) is 0. The first kappa shape index (κ1) is 10.1. The maximum Gasteiger partial charge on any atom is 0.137 e. The molecule has 17 heavy (non-hydrogen) atoms. The van der Waals surface area contributed by atoms with Gasteiger partial charge < -0.3 is 10.1 Å². The van der Waals surface area contributed by atoms with Gasteiger partial charge in [-0.15, -0.1) is 0 Å². The van der Waals surface area contributed by atoms with Crippen molar-refractivity contribution in [3.63, 3.8) is 0 Å². The Labute approximate surface area is 98.8 Å². The average molecular weight is 224 g/mol. The highest BCUT2D eigenvalue weighted by Crippen LogP contribution is 2.23. The lowest BCUT2D eigenvalue weighted by Crippen LogP contribution is -1.83. The van der Waals surface area contributed by atoms with Crippen molar-refractivity contribution in [2.45, 2.75) is 6.61 Å². The van der Waals surface area contributed by atoms with Crippen molar-refractivity contribution in [2.75, 3.05) is 0 Å². The van der Waals surface area contributed by atoms with Crippen molar-refractivity contribution < 1.29 is 5.11 Å². The van der Waals surface area contributed by atoms with Gasteiger partial charge in [-0.3, -0.25) is 0 Å². The first-order valence-electron chi connectivity index (χ1n) is 5.51. The Morgan fingerprint density at radius 3 is 2.65 bits per heavy atom. The van der Waals surface area contributed by atoms with Crippen LogP contribution in [0.1, 0.15) is 5.56 Å². The first-order chi connectivity index (χ1) is 8.36. The first-order valence-corrected chi connectivity index (χ1v) is 5.51. The number of H-pyrrole nitrogens is 1. The van der Waals surface area contributed by atoms with E-state index < -0.39 is 0 Å². The number of hydrogen-bond donors (Lipinski definition) is 2. The van der Waals surface area contributed by atoms with Crippen molar-refractivity contribution in [1.29, 1.82) is 0 Å². The molecular weight excluding hydrogens is 212 g/mol. The highest BCUT2D eigenvalue weighted by molar-refractivity contribution is 5.82. The summed E-state index contributed by atoms with van der Waals surface area (Å²) in [5, 5.41) is 10.1. The predicted octanol–water partition coefficient (Wildman–Crippen LogP) is 2.72. The second-order valence-electron chi connectivity index (χ2n) is 3.98. The molecule has 0 aliphatic heterocycles. The highest BCUT2D eigenvalue weighted by atomic mass is 16.3. The van der Waals surface area contributed by atoms with Crippen LogP contribution >= 0.6 is 0 Å². The molecule has 0 bridgehead atoms. The molecule has 0 atom stereocenters. The minimum Gasteiger partial charge on any atom is -0.392 e. The number of benzene rings is 1. The fourth-order valence-electron chi connectivity index (χ4n) is 1.90. The second kappa shape index (κ2) is 4.03. The van der Waals surface area contributed by atoms with Crippen LogP contribution in [0.25, 0.3) is 22.3 Å². The van der Waals surface area contributed by atoms with E-state index in [0.717, 1.165) is 27.9 Å². The molecular formula is C14H12N2O. The Hall–Kier alpha value is -2.13. The Morgan fingerprint density at radius 2 is 1.94 bits per heavy atom. The number of nitrogens with one attached hydrogen (secondary N) is 1. The molecule has 2 aromatic heterocycles. The van der Waals surface area contributed by atoms with Crippen LogP contribution in [0.3, 0.4) is 0 Å². The molecule has 0 saturated heterocycles. The molecule has 2 heterocycles. The van der Waals surface area contributed by atoms with E-state index in [-0.39, 0.29) is 6.61 Å². The van der Waals surface area contributed by atoms with E-state index >= 15 is 0 Å². The smallest absolute Gasteiger partial charge is 0.137 e. The zero-order valence-corrected chi connectivity index (χ0v) is 9.22. The van der Waals surface area contributed by atoms with Crippen molar-refractivity contribution in [1.82, 2.24) is 9.97 Å². The molecule has 0 radical (unpaired) electrons. The summed E-state index contributed by atoms with van der Waals surface area (Å²) in [4.78, 5) is 7.54. The van der Waals surface area contributed by atoms with Crippen LogP contribution in [0, 0.1) is 0 Å². The van der Waals surface area contributed by atoms with Crippen molar-refractivity contribution in [3.05, 3.63) is 54.2 Å². The molecule has 3 aromatic rings. The number of pyridine rings is 1. The Balaban J connectivity index is 2.07. The van der Waals surface area contributed by atoms with Gasteiger partial charge in [0.1, 0.15) is 5.65 Å². The molecule has 84 valence electrons. The lowest BCUT2D eigenvalue weighted by Gasteiger charge is -1.99. The molecule has 0 unspecified atom stereocenters. The molecule has 3 nitrogen and oxygen atoms in total. The van der Waals surface area contributed by atoms with Gasteiger partial charge in [-0.2, -0.15) is 0 Å². The summed E-state index contributed by atoms with van der Waals surface area (Å²) in [6.45, 7) is 0.0779. The van der Waals surface area contributed by atoms with E-state index in [1.54, 1.807) is 6.20 Å². The minimum absolute atomic E-state index is 0.0779. The number of aliphatic hydroxyl groups is 1. The van der Waals surface area contributed by atoms with E-state index in [1.807, 2.05) is 36.4 Å². The number of hydrogen-bond acceptors (Lipinski definition) is 2. The van der Waals surface area contributed by atoms with Crippen LogP contribution < -0.4 is 0 Å². The fraction of sp³-hybridized carbons (Fsp3) is 0.0714. The summed E-state index contributed by atoms with van der Waals surface area (Å²) in [6, 6.07) is 13.9. The van der Waals surface area contributed by atoms with Gasteiger partial charge in [-0.1, -0.05) is 24.3 Å². The molecule has 3 heteroatoms. The van der Waals surface area contributed by atoms with Crippen LogP contribution in [0.5, 0.6) is 0 Å². The van der Waals surface area contributed by atoms with Crippen LogP contribution in [-0.4, -0.2) is 15.1 Å². The molecule has 0 aliphatic carbocycles. The largest absolute Gasteiger partial charge is 0.392 e. The summed E-state index contributed by atoms with van der Waals surface area (Å²) >= 11 is 0. The lowest BCUT2D eigenvalue weighted by atomic mass is 10.1. The maximum absolute atomic E-state index is 9.00. The maximum atomic E-state index is 9.00. The second-order valence-corrected chi connectivity index (χ2v) is 3.98. The molecule has 0 aliphatic rings. The number of aromatic amines is 1. The molecule has 2 N–H and O–H groups in total. The summed E-state index contributed by atoms with van der Waals surface area (Å²) in [5.41, 5.74) is 3.96. The molecule has 3 rings (SSSR count). The van der Waals surface area contributed by atoms with Gasteiger partial charge in [-0.25, -0.2) is 4.98 Å². The SMILES string of the molecule is OCc1ccc(-c2cc3cccnc3[nH]2)cc1. The lowest BCUT2D eigenvalue weighted by molar-refractivity contribution is 0.282. The van der Waals surface area contributed by atoms with Crippen molar-refractivity contribution >= 4 is 11.0 Å². The Bertz CT molecular complexity index is 608. The minimum atomic E-state index is 0.0779. The van der Waals surface area contributed by atoms with Crippen LogP contribution in [0.15, 0.2) is 48.7 Å². The quantitative estimate of drug-likeness (QED) is 0.703. The third kappa shape index (κ3) is 1.81. The van der Waals surface area contributed by atoms with Gasteiger partial charge in [0.15, 0.2) is 0 Å². The number of aromatic nitrogens is 2. The number of rotatable bonds is 2. The average Bonchev–Trinajstić information content (AvgIpc) is 2.82. The Kier molecular flexibility index (Phi) is 2.38. The van der Waals surface area contributed by atoms with Gasteiger partial charge in [-0.05, 0) is 29.3 Å². The van der Waals surface area contributed by atoms with Gasteiger partial charge in [0, 0.05) is 17.3 Å². The van der Waals surface area contributed by atoms with E-state index in [2.05, 4.69) is 16.0 Å². The number of aliphatic hydroxyl groups excluding tert-OH is 1.